The predicted molar refractivity (Wildman–Crippen MR) is 67.9 cm³/mol. The molecule has 2 unspecified atom stereocenters. The fourth-order valence-electron chi connectivity index (χ4n) is 2.36. The first-order chi connectivity index (χ1) is 8.25. The molecular formula is C15H20O2. The average Bonchev–Trinajstić information content (AvgIpc) is 2.56. The molecule has 1 aliphatic carbocycles. The lowest BCUT2D eigenvalue weighted by Gasteiger charge is -2.15. The Bertz CT molecular complexity index is 358. The van der Waals surface area contributed by atoms with E-state index in [0.717, 1.165) is 18.8 Å². The van der Waals surface area contributed by atoms with Crippen molar-refractivity contribution >= 4 is 5.97 Å². The van der Waals surface area contributed by atoms with E-state index in [9.17, 15) is 4.79 Å². The molecule has 2 nitrogen and oxygen atoms in total. The molecule has 17 heavy (non-hydrogen) atoms. The highest BCUT2D eigenvalue weighted by atomic mass is 16.5. The van der Waals surface area contributed by atoms with Gasteiger partial charge < -0.3 is 4.74 Å². The van der Waals surface area contributed by atoms with Crippen molar-refractivity contribution in [1.29, 1.82) is 0 Å². The summed E-state index contributed by atoms with van der Waals surface area (Å²) in [6, 6.07) is 9.25. The van der Waals surface area contributed by atoms with Crippen molar-refractivity contribution < 1.29 is 9.53 Å². The van der Waals surface area contributed by atoms with E-state index in [1.807, 2.05) is 30.3 Å². The van der Waals surface area contributed by atoms with E-state index < -0.39 is 0 Å². The van der Waals surface area contributed by atoms with Gasteiger partial charge in [0.2, 0.25) is 0 Å². The maximum atomic E-state index is 11.9. The quantitative estimate of drug-likeness (QED) is 0.572. The number of hydrogen-bond donors (Lipinski definition) is 0. The third-order valence-corrected chi connectivity index (χ3v) is 3.49. The minimum atomic E-state index is -0.176. The van der Waals surface area contributed by atoms with Crippen molar-refractivity contribution in [2.75, 3.05) is 0 Å². The Kier molecular flexibility index (Phi) is 4.18. The van der Waals surface area contributed by atoms with Crippen LogP contribution in [0, 0.1) is 5.92 Å². The van der Waals surface area contributed by atoms with E-state index in [4.69, 9.17) is 4.74 Å². The third-order valence-electron chi connectivity index (χ3n) is 3.49. The van der Waals surface area contributed by atoms with Gasteiger partial charge in [-0.2, -0.15) is 0 Å². The second-order valence-corrected chi connectivity index (χ2v) is 5.01. The van der Waals surface area contributed by atoms with Crippen LogP contribution in [0.5, 0.6) is 0 Å². The van der Waals surface area contributed by atoms with E-state index in [1.165, 1.54) is 19.3 Å². The molecule has 2 heteroatoms. The fraction of sp³-hybridized carbons (Fsp3) is 0.533. The molecule has 1 aliphatic rings. The molecular weight excluding hydrogens is 212 g/mol. The van der Waals surface area contributed by atoms with Crippen molar-refractivity contribution in [3.8, 4) is 0 Å². The smallest absolute Gasteiger partial charge is 0.338 e. The Hall–Kier alpha value is -1.31. The van der Waals surface area contributed by atoms with Crippen LogP contribution in [0.15, 0.2) is 30.3 Å². The monoisotopic (exact) mass is 232 g/mol. The SMILES string of the molecule is CC1CCCC(OC(=O)c2ccccc2)CC1. The molecule has 0 saturated heterocycles. The van der Waals surface area contributed by atoms with E-state index in [1.54, 1.807) is 0 Å². The highest BCUT2D eigenvalue weighted by molar-refractivity contribution is 5.89. The van der Waals surface area contributed by atoms with Crippen LogP contribution >= 0.6 is 0 Å². The molecule has 92 valence electrons. The number of rotatable bonds is 2. The zero-order chi connectivity index (χ0) is 12.1. The Balaban J connectivity index is 1.90. The van der Waals surface area contributed by atoms with Gasteiger partial charge in [-0.25, -0.2) is 4.79 Å². The van der Waals surface area contributed by atoms with E-state index >= 15 is 0 Å². The summed E-state index contributed by atoms with van der Waals surface area (Å²) in [5.74, 6) is 0.598. The Morgan fingerprint density at radius 3 is 2.65 bits per heavy atom. The first-order valence-corrected chi connectivity index (χ1v) is 6.51. The summed E-state index contributed by atoms with van der Waals surface area (Å²) in [5.41, 5.74) is 0.657. The molecule has 0 radical (unpaired) electrons. The van der Waals surface area contributed by atoms with Crippen LogP contribution in [-0.4, -0.2) is 12.1 Å². The summed E-state index contributed by atoms with van der Waals surface area (Å²) in [4.78, 5) is 11.9. The number of benzene rings is 1. The van der Waals surface area contributed by atoms with Crippen molar-refractivity contribution in [1.82, 2.24) is 0 Å². The van der Waals surface area contributed by atoms with Gasteiger partial charge in [0.05, 0.1) is 5.56 Å². The van der Waals surface area contributed by atoms with E-state index in [-0.39, 0.29) is 12.1 Å². The van der Waals surface area contributed by atoms with Gasteiger partial charge in [0.1, 0.15) is 6.10 Å². The maximum absolute atomic E-state index is 11.9. The first-order valence-electron chi connectivity index (χ1n) is 6.51. The lowest BCUT2D eigenvalue weighted by Crippen LogP contribution is -2.17. The van der Waals surface area contributed by atoms with Crippen LogP contribution in [0.25, 0.3) is 0 Å². The van der Waals surface area contributed by atoms with Crippen LogP contribution in [0.4, 0.5) is 0 Å². The van der Waals surface area contributed by atoms with E-state index in [0.29, 0.717) is 5.56 Å². The van der Waals surface area contributed by atoms with Gasteiger partial charge in [-0.1, -0.05) is 31.5 Å². The molecule has 0 heterocycles. The van der Waals surface area contributed by atoms with Crippen LogP contribution in [0.3, 0.4) is 0 Å². The Morgan fingerprint density at radius 1 is 1.12 bits per heavy atom. The topological polar surface area (TPSA) is 26.3 Å². The van der Waals surface area contributed by atoms with E-state index in [2.05, 4.69) is 6.92 Å². The molecule has 0 bridgehead atoms. The second kappa shape index (κ2) is 5.85. The summed E-state index contributed by atoms with van der Waals surface area (Å²) in [6.45, 7) is 2.28. The van der Waals surface area contributed by atoms with Gasteiger partial charge in [-0.3, -0.25) is 0 Å². The standard InChI is InChI=1S/C15H20O2/c1-12-6-5-9-14(11-10-12)17-15(16)13-7-3-2-4-8-13/h2-4,7-8,12,14H,5-6,9-11H2,1H3. The predicted octanol–water partition coefficient (Wildman–Crippen LogP) is 3.81. The van der Waals surface area contributed by atoms with Gasteiger partial charge in [0.25, 0.3) is 0 Å². The normalized spacial score (nSPS) is 25.0. The Labute approximate surface area is 103 Å². The maximum Gasteiger partial charge on any atom is 0.338 e. The second-order valence-electron chi connectivity index (χ2n) is 5.01. The van der Waals surface area contributed by atoms with Crippen molar-refractivity contribution in [3.63, 3.8) is 0 Å². The summed E-state index contributed by atoms with van der Waals surface area (Å²) >= 11 is 0. The zero-order valence-corrected chi connectivity index (χ0v) is 10.4. The molecule has 1 aromatic carbocycles. The highest BCUT2D eigenvalue weighted by Gasteiger charge is 2.20. The fourth-order valence-corrected chi connectivity index (χ4v) is 2.36. The van der Waals surface area contributed by atoms with Gasteiger partial charge in [0, 0.05) is 0 Å². The summed E-state index contributed by atoms with van der Waals surface area (Å²) in [5, 5.41) is 0. The molecule has 2 rings (SSSR count). The Morgan fingerprint density at radius 2 is 1.88 bits per heavy atom. The van der Waals surface area contributed by atoms with Gasteiger partial charge in [0.15, 0.2) is 0 Å². The molecule has 1 aromatic rings. The van der Waals surface area contributed by atoms with Crippen LogP contribution in [0.1, 0.15) is 49.4 Å². The zero-order valence-electron chi connectivity index (χ0n) is 10.4. The first kappa shape index (κ1) is 12.2. The molecule has 0 aromatic heterocycles. The van der Waals surface area contributed by atoms with Crippen LogP contribution in [-0.2, 0) is 4.74 Å². The number of esters is 1. The number of hydrogen-bond acceptors (Lipinski definition) is 2. The minimum absolute atomic E-state index is 0.118. The third kappa shape index (κ3) is 3.58. The number of ether oxygens (including phenoxy) is 1. The summed E-state index contributed by atoms with van der Waals surface area (Å²) in [7, 11) is 0. The van der Waals surface area contributed by atoms with Gasteiger partial charge >= 0.3 is 5.97 Å². The van der Waals surface area contributed by atoms with Crippen LogP contribution < -0.4 is 0 Å². The highest BCUT2D eigenvalue weighted by Crippen LogP contribution is 2.25. The molecule has 2 atom stereocenters. The molecule has 0 N–H and O–H groups in total. The lowest BCUT2D eigenvalue weighted by atomic mass is 10.0. The molecule has 0 spiro atoms. The minimum Gasteiger partial charge on any atom is -0.459 e. The van der Waals surface area contributed by atoms with Crippen molar-refractivity contribution in [2.24, 2.45) is 5.92 Å². The molecule has 0 aliphatic heterocycles. The van der Waals surface area contributed by atoms with Gasteiger partial charge in [-0.15, -0.1) is 0 Å². The van der Waals surface area contributed by atoms with Crippen molar-refractivity contribution in [2.45, 2.75) is 45.1 Å². The molecule has 0 amide bonds. The largest absolute Gasteiger partial charge is 0.459 e. The van der Waals surface area contributed by atoms with Crippen LogP contribution in [0.2, 0.25) is 0 Å². The molecule has 1 fully saturated rings. The molecule has 1 saturated carbocycles. The number of carbonyl (C=O) groups is 1. The lowest BCUT2D eigenvalue weighted by molar-refractivity contribution is 0.0265. The van der Waals surface area contributed by atoms with Crippen molar-refractivity contribution in [3.05, 3.63) is 35.9 Å². The van der Waals surface area contributed by atoms with Gasteiger partial charge in [-0.05, 0) is 43.7 Å². The average molecular weight is 232 g/mol. The summed E-state index contributed by atoms with van der Waals surface area (Å²) < 4.78 is 5.57. The number of carbonyl (C=O) groups excluding carboxylic acids is 1. The summed E-state index contributed by atoms with van der Waals surface area (Å²) in [6.07, 6.45) is 5.76.